The van der Waals surface area contributed by atoms with Crippen LogP contribution in [0.1, 0.15) is 32.6 Å². The molecule has 0 radical (unpaired) electrons. The van der Waals surface area contributed by atoms with E-state index in [1.165, 1.54) is 19.3 Å². The largest absolute Gasteiger partial charge is 0.313 e. The first-order valence-corrected chi connectivity index (χ1v) is 4.33. The third kappa shape index (κ3) is 2.29. The van der Waals surface area contributed by atoms with Crippen molar-refractivity contribution < 1.29 is 4.79 Å². The third-order valence-corrected chi connectivity index (χ3v) is 2.56. The molecule has 11 heavy (non-hydrogen) atoms. The number of hydrogen-bond acceptors (Lipinski definition) is 2. The van der Waals surface area contributed by atoms with Gasteiger partial charge in [-0.3, -0.25) is 4.79 Å². The van der Waals surface area contributed by atoms with E-state index in [-0.39, 0.29) is 0 Å². The summed E-state index contributed by atoms with van der Waals surface area (Å²) in [5, 5.41) is 2.89. The Labute approximate surface area is 68.4 Å². The standard InChI is InChI=1S/C9H17NO/c1-9(4-3-5-9)6-8(11)7-10-2/h10H,3-7H2,1-2H3. The fourth-order valence-electron chi connectivity index (χ4n) is 1.69. The highest BCUT2D eigenvalue weighted by Crippen LogP contribution is 2.43. The van der Waals surface area contributed by atoms with Crippen molar-refractivity contribution in [2.45, 2.75) is 32.6 Å². The van der Waals surface area contributed by atoms with Gasteiger partial charge >= 0.3 is 0 Å². The van der Waals surface area contributed by atoms with Crippen LogP contribution in [0.2, 0.25) is 0 Å². The summed E-state index contributed by atoms with van der Waals surface area (Å²) in [5.41, 5.74) is 0.355. The summed E-state index contributed by atoms with van der Waals surface area (Å²) in [6.45, 7) is 2.75. The maximum absolute atomic E-state index is 11.2. The van der Waals surface area contributed by atoms with Crippen LogP contribution in [0.3, 0.4) is 0 Å². The summed E-state index contributed by atoms with van der Waals surface area (Å²) in [7, 11) is 1.82. The van der Waals surface area contributed by atoms with Gasteiger partial charge in [0.25, 0.3) is 0 Å². The summed E-state index contributed by atoms with van der Waals surface area (Å²) < 4.78 is 0. The van der Waals surface area contributed by atoms with Gasteiger partial charge in [-0.2, -0.15) is 0 Å². The molecule has 0 saturated heterocycles. The van der Waals surface area contributed by atoms with E-state index in [1.807, 2.05) is 7.05 Å². The van der Waals surface area contributed by atoms with E-state index in [2.05, 4.69) is 12.2 Å². The summed E-state index contributed by atoms with van der Waals surface area (Å²) in [6.07, 6.45) is 4.56. The van der Waals surface area contributed by atoms with Crippen molar-refractivity contribution in [2.24, 2.45) is 5.41 Å². The van der Waals surface area contributed by atoms with Crippen molar-refractivity contribution in [2.75, 3.05) is 13.6 Å². The van der Waals surface area contributed by atoms with Crippen molar-refractivity contribution in [1.82, 2.24) is 5.32 Å². The zero-order valence-electron chi connectivity index (χ0n) is 7.44. The van der Waals surface area contributed by atoms with Gasteiger partial charge < -0.3 is 5.32 Å². The Kier molecular flexibility index (Phi) is 2.66. The van der Waals surface area contributed by atoms with Crippen LogP contribution >= 0.6 is 0 Å². The topological polar surface area (TPSA) is 29.1 Å². The Bertz CT molecular complexity index is 150. The van der Waals surface area contributed by atoms with Gasteiger partial charge in [0.2, 0.25) is 0 Å². The van der Waals surface area contributed by atoms with Gasteiger partial charge in [-0.1, -0.05) is 13.3 Å². The van der Waals surface area contributed by atoms with Gasteiger partial charge in [0, 0.05) is 6.42 Å². The van der Waals surface area contributed by atoms with Crippen LogP contribution in [-0.4, -0.2) is 19.4 Å². The van der Waals surface area contributed by atoms with Crippen LogP contribution in [0.4, 0.5) is 0 Å². The predicted molar refractivity (Wildman–Crippen MR) is 45.5 cm³/mol. The molecule has 0 bridgehead atoms. The number of carbonyl (C=O) groups is 1. The smallest absolute Gasteiger partial charge is 0.147 e. The molecule has 0 amide bonds. The average molecular weight is 155 g/mol. The molecule has 1 fully saturated rings. The molecule has 2 heteroatoms. The van der Waals surface area contributed by atoms with Gasteiger partial charge in [0.15, 0.2) is 0 Å². The number of ketones is 1. The number of nitrogens with one attached hydrogen (secondary N) is 1. The molecule has 1 aliphatic rings. The summed E-state index contributed by atoms with van der Waals surface area (Å²) in [4.78, 5) is 11.2. The number of likely N-dealkylation sites (N-methyl/N-ethyl adjacent to an activating group) is 1. The minimum atomic E-state index is 0.355. The summed E-state index contributed by atoms with van der Waals surface area (Å²) >= 11 is 0. The van der Waals surface area contributed by atoms with Gasteiger partial charge in [-0.15, -0.1) is 0 Å². The number of rotatable bonds is 4. The van der Waals surface area contributed by atoms with Crippen LogP contribution in [0, 0.1) is 5.41 Å². The molecule has 0 spiro atoms. The molecule has 0 aliphatic heterocycles. The quantitative estimate of drug-likeness (QED) is 0.664. The van der Waals surface area contributed by atoms with E-state index in [0.29, 0.717) is 17.7 Å². The lowest BCUT2D eigenvalue weighted by Crippen LogP contribution is -2.31. The summed E-state index contributed by atoms with van der Waals surface area (Å²) in [6, 6.07) is 0. The Morgan fingerprint density at radius 3 is 2.55 bits per heavy atom. The molecule has 0 aromatic rings. The van der Waals surface area contributed by atoms with Crippen LogP contribution in [0.25, 0.3) is 0 Å². The zero-order valence-corrected chi connectivity index (χ0v) is 7.44. The number of hydrogen-bond donors (Lipinski definition) is 1. The van der Waals surface area contributed by atoms with Crippen LogP contribution in [-0.2, 0) is 4.79 Å². The van der Waals surface area contributed by atoms with Gasteiger partial charge in [0.05, 0.1) is 6.54 Å². The second-order valence-electron chi connectivity index (χ2n) is 3.91. The van der Waals surface area contributed by atoms with E-state index in [4.69, 9.17) is 0 Å². The van der Waals surface area contributed by atoms with Crippen LogP contribution < -0.4 is 5.32 Å². The second kappa shape index (κ2) is 3.35. The Morgan fingerprint density at radius 2 is 2.18 bits per heavy atom. The van der Waals surface area contributed by atoms with E-state index >= 15 is 0 Å². The van der Waals surface area contributed by atoms with Crippen molar-refractivity contribution in [1.29, 1.82) is 0 Å². The highest BCUT2D eigenvalue weighted by Gasteiger charge is 2.33. The summed E-state index contributed by atoms with van der Waals surface area (Å²) in [5.74, 6) is 0.356. The maximum Gasteiger partial charge on any atom is 0.147 e. The van der Waals surface area contributed by atoms with Gasteiger partial charge in [0.1, 0.15) is 5.78 Å². The maximum atomic E-state index is 11.2. The fraction of sp³-hybridized carbons (Fsp3) is 0.889. The van der Waals surface area contributed by atoms with Crippen molar-refractivity contribution in [3.8, 4) is 0 Å². The van der Waals surface area contributed by atoms with E-state index in [1.54, 1.807) is 0 Å². The van der Waals surface area contributed by atoms with Crippen LogP contribution in [0.15, 0.2) is 0 Å². The predicted octanol–water partition coefficient (Wildman–Crippen LogP) is 1.36. The first kappa shape index (κ1) is 8.72. The molecular weight excluding hydrogens is 138 g/mol. The molecule has 1 N–H and O–H groups in total. The number of carbonyl (C=O) groups excluding carboxylic acids is 1. The van der Waals surface area contributed by atoms with E-state index < -0.39 is 0 Å². The monoisotopic (exact) mass is 155 g/mol. The average Bonchev–Trinajstić information content (AvgIpc) is 1.85. The van der Waals surface area contributed by atoms with Crippen LogP contribution in [0.5, 0.6) is 0 Å². The fourth-order valence-corrected chi connectivity index (χ4v) is 1.69. The molecule has 1 aliphatic carbocycles. The van der Waals surface area contributed by atoms with Gasteiger partial charge in [-0.05, 0) is 25.3 Å². The molecular formula is C9H17NO. The molecule has 1 saturated carbocycles. The Balaban J connectivity index is 2.23. The number of Topliss-reactive ketones (excluding diaryl/α,β-unsaturated/α-hetero) is 1. The van der Waals surface area contributed by atoms with Crippen molar-refractivity contribution >= 4 is 5.78 Å². The van der Waals surface area contributed by atoms with Crippen molar-refractivity contribution in [3.05, 3.63) is 0 Å². The highest BCUT2D eigenvalue weighted by molar-refractivity contribution is 5.81. The second-order valence-corrected chi connectivity index (χ2v) is 3.91. The molecule has 64 valence electrons. The van der Waals surface area contributed by atoms with E-state index in [9.17, 15) is 4.79 Å². The Morgan fingerprint density at radius 1 is 1.55 bits per heavy atom. The molecule has 1 rings (SSSR count). The lowest BCUT2D eigenvalue weighted by Gasteiger charge is -2.37. The minimum absolute atomic E-state index is 0.355. The first-order valence-electron chi connectivity index (χ1n) is 4.33. The third-order valence-electron chi connectivity index (χ3n) is 2.56. The lowest BCUT2D eigenvalue weighted by atomic mass is 9.67. The highest BCUT2D eigenvalue weighted by atomic mass is 16.1. The molecule has 0 aromatic heterocycles. The van der Waals surface area contributed by atoms with Gasteiger partial charge in [-0.25, -0.2) is 0 Å². The van der Waals surface area contributed by atoms with E-state index in [0.717, 1.165) is 6.42 Å². The first-order chi connectivity index (χ1) is 5.16. The SMILES string of the molecule is CNCC(=O)CC1(C)CCC1. The molecule has 0 unspecified atom stereocenters. The normalized spacial score (nSPS) is 20.9. The zero-order chi connectivity index (χ0) is 8.32. The lowest BCUT2D eigenvalue weighted by molar-refractivity contribution is -0.121. The van der Waals surface area contributed by atoms with Crippen molar-refractivity contribution in [3.63, 3.8) is 0 Å². The molecule has 0 heterocycles. The molecule has 0 aromatic carbocycles. The molecule has 2 nitrogen and oxygen atoms in total. The minimum Gasteiger partial charge on any atom is -0.313 e. The Hall–Kier alpha value is -0.370. The molecule has 0 atom stereocenters.